The number of amides is 1. The zero-order valence-corrected chi connectivity index (χ0v) is 15.7. The molecule has 1 aromatic heterocycles. The molecule has 0 radical (unpaired) electrons. The lowest BCUT2D eigenvalue weighted by Gasteiger charge is -2.21. The highest BCUT2D eigenvalue weighted by molar-refractivity contribution is 7.91. The van der Waals surface area contributed by atoms with Crippen LogP contribution in [0.1, 0.15) is 16.1 Å². The molecule has 1 heterocycles. The van der Waals surface area contributed by atoms with Gasteiger partial charge in [-0.3, -0.25) is 4.79 Å². The van der Waals surface area contributed by atoms with Crippen LogP contribution < -0.4 is 0 Å². The van der Waals surface area contributed by atoms with E-state index in [4.69, 9.17) is 13.9 Å². The number of furan rings is 1. The number of sulfone groups is 1. The summed E-state index contributed by atoms with van der Waals surface area (Å²) in [5.74, 6) is 0.336. The Bertz CT molecular complexity index is 784. The zero-order chi connectivity index (χ0) is 19.0. The molecule has 0 unspecified atom stereocenters. The Labute approximate surface area is 153 Å². The van der Waals surface area contributed by atoms with E-state index in [2.05, 4.69) is 0 Å². The van der Waals surface area contributed by atoms with Crippen molar-refractivity contribution in [3.8, 4) is 0 Å². The third kappa shape index (κ3) is 5.42. The van der Waals surface area contributed by atoms with Gasteiger partial charge in [-0.25, -0.2) is 8.42 Å². The quantitative estimate of drug-likeness (QED) is 0.626. The molecule has 0 N–H and O–H groups in total. The van der Waals surface area contributed by atoms with E-state index in [1.54, 1.807) is 30.4 Å². The summed E-state index contributed by atoms with van der Waals surface area (Å²) >= 11 is 0. The molecular formula is C18H23NO6S. The lowest BCUT2D eigenvalue weighted by Crippen LogP contribution is -2.33. The van der Waals surface area contributed by atoms with E-state index in [1.165, 1.54) is 31.4 Å². The minimum Gasteiger partial charge on any atom is -0.467 e. The Morgan fingerprint density at radius 3 is 2.35 bits per heavy atom. The fourth-order valence-electron chi connectivity index (χ4n) is 2.34. The van der Waals surface area contributed by atoms with Crippen molar-refractivity contribution in [1.29, 1.82) is 0 Å². The predicted molar refractivity (Wildman–Crippen MR) is 95.7 cm³/mol. The number of rotatable bonds is 10. The van der Waals surface area contributed by atoms with E-state index in [0.29, 0.717) is 31.0 Å². The summed E-state index contributed by atoms with van der Waals surface area (Å²) in [5, 5.41) is 0. The first kappa shape index (κ1) is 20.2. The van der Waals surface area contributed by atoms with E-state index in [0.717, 1.165) is 0 Å². The van der Waals surface area contributed by atoms with Crippen LogP contribution >= 0.6 is 0 Å². The van der Waals surface area contributed by atoms with Crippen LogP contribution in [0.3, 0.4) is 0 Å². The monoisotopic (exact) mass is 381 g/mol. The molecule has 0 fully saturated rings. The first-order valence-electron chi connectivity index (χ1n) is 8.10. The van der Waals surface area contributed by atoms with Gasteiger partial charge in [0.1, 0.15) is 5.76 Å². The molecule has 0 aliphatic carbocycles. The topological polar surface area (TPSA) is 86.0 Å². The van der Waals surface area contributed by atoms with E-state index in [9.17, 15) is 13.2 Å². The van der Waals surface area contributed by atoms with Crippen LogP contribution in [0, 0.1) is 0 Å². The molecule has 0 saturated carbocycles. The maximum absolute atomic E-state index is 12.8. The van der Waals surface area contributed by atoms with Gasteiger partial charge in [-0.05, 0) is 36.4 Å². The normalized spacial score (nSPS) is 11.5. The van der Waals surface area contributed by atoms with Gasteiger partial charge in [-0.15, -0.1) is 0 Å². The minimum atomic E-state index is -3.43. The smallest absolute Gasteiger partial charge is 0.254 e. The molecule has 2 aromatic rings. The van der Waals surface area contributed by atoms with Crippen molar-refractivity contribution in [1.82, 2.24) is 4.90 Å². The van der Waals surface area contributed by atoms with Crippen LogP contribution in [0.15, 0.2) is 52.0 Å². The van der Waals surface area contributed by atoms with E-state index >= 15 is 0 Å². The second-order valence-electron chi connectivity index (χ2n) is 5.63. The minimum absolute atomic E-state index is 0.102. The number of hydrogen-bond acceptors (Lipinski definition) is 6. The van der Waals surface area contributed by atoms with E-state index in [1.807, 2.05) is 0 Å². The Hall–Kier alpha value is -2.16. The Morgan fingerprint density at radius 1 is 1.08 bits per heavy atom. The van der Waals surface area contributed by atoms with Crippen molar-refractivity contribution >= 4 is 15.7 Å². The molecule has 26 heavy (non-hydrogen) atoms. The fourth-order valence-corrected chi connectivity index (χ4v) is 3.52. The van der Waals surface area contributed by atoms with Gasteiger partial charge in [-0.1, -0.05) is 0 Å². The van der Waals surface area contributed by atoms with Crippen molar-refractivity contribution in [2.75, 3.05) is 39.7 Å². The summed E-state index contributed by atoms with van der Waals surface area (Å²) in [6, 6.07) is 9.47. The second kappa shape index (κ2) is 9.51. The van der Waals surface area contributed by atoms with Crippen LogP contribution in [-0.2, 0) is 25.9 Å². The van der Waals surface area contributed by atoms with Crippen LogP contribution in [0.2, 0.25) is 0 Å². The summed E-state index contributed by atoms with van der Waals surface area (Å²) in [7, 11) is -0.411. The van der Waals surface area contributed by atoms with Gasteiger partial charge >= 0.3 is 0 Å². The molecular weight excluding hydrogens is 358 g/mol. The van der Waals surface area contributed by atoms with Crippen LogP contribution in [0.25, 0.3) is 0 Å². The molecule has 0 bridgehead atoms. The highest BCUT2D eigenvalue weighted by Crippen LogP contribution is 2.15. The average Bonchev–Trinajstić information content (AvgIpc) is 3.16. The predicted octanol–water partition coefficient (Wildman–Crippen LogP) is 1.99. The number of nitrogens with zero attached hydrogens (tertiary/aromatic N) is 1. The highest BCUT2D eigenvalue weighted by Gasteiger charge is 2.19. The summed E-state index contributed by atoms with van der Waals surface area (Å²) in [5.41, 5.74) is 0.401. The molecule has 0 spiro atoms. The lowest BCUT2D eigenvalue weighted by molar-refractivity contribution is 0.0666. The van der Waals surface area contributed by atoms with Gasteiger partial charge in [0, 0.05) is 26.3 Å². The Balaban J connectivity index is 2.15. The van der Waals surface area contributed by atoms with Gasteiger partial charge in [-0.2, -0.15) is 0 Å². The molecule has 0 saturated heterocycles. The van der Waals surface area contributed by atoms with Crippen molar-refractivity contribution in [3.63, 3.8) is 0 Å². The lowest BCUT2D eigenvalue weighted by atomic mass is 10.2. The SMILES string of the molecule is COCCN(Cc1ccco1)C(=O)c1ccc(S(=O)(=O)CCOC)cc1. The highest BCUT2D eigenvalue weighted by atomic mass is 32.2. The van der Waals surface area contributed by atoms with Gasteiger partial charge in [0.2, 0.25) is 0 Å². The summed E-state index contributed by atoms with van der Waals surface area (Å²) in [6.07, 6.45) is 1.55. The van der Waals surface area contributed by atoms with Crippen molar-refractivity contribution < 1.29 is 27.1 Å². The van der Waals surface area contributed by atoms with E-state index < -0.39 is 9.84 Å². The van der Waals surface area contributed by atoms with Gasteiger partial charge in [0.05, 0.1) is 36.7 Å². The molecule has 0 aliphatic rings. The number of carbonyl (C=O) groups is 1. The largest absolute Gasteiger partial charge is 0.467 e. The van der Waals surface area contributed by atoms with E-state index in [-0.39, 0.29) is 23.2 Å². The third-order valence-electron chi connectivity index (χ3n) is 3.80. The molecule has 142 valence electrons. The zero-order valence-electron chi connectivity index (χ0n) is 14.9. The first-order valence-corrected chi connectivity index (χ1v) is 9.75. The maximum Gasteiger partial charge on any atom is 0.254 e. The van der Waals surface area contributed by atoms with Crippen molar-refractivity contribution in [2.24, 2.45) is 0 Å². The Kier molecular flexibility index (Phi) is 7.38. The van der Waals surface area contributed by atoms with Gasteiger partial charge < -0.3 is 18.8 Å². The number of ether oxygens (including phenoxy) is 2. The first-order chi connectivity index (χ1) is 12.5. The van der Waals surface area contributed by atoms with Crippen molar-refractivity contribution in [2.45, 2.75) is 11.4 Å². The molecule has 0 aliphatic heterocycles. The molecule has 7 nitrogen and oxygen atoms in total. The molecule has 0 atom stereocenters. The van der Waals surface area contributed by atoms with Crippen LogP contribution in [-0.4, -0.2) is 59.0 Å². The number of benzene rings is 1. The molecule has 1 aromatic carbocycles. The van der Waals surface area contributed by atoms with Crippen molar-refractivity contribution in [3.05, 3.63) is 54.0 Å². The number of hydrogen-bond donors (Lipinski definition) is 0. The van der Waals surface area contributed by atoms with Crippen LogP contribution in [0.4, 0.5) is 0 Å². The molecule has 2 rings (SSSR count). The number of methoxy groups -OCH3 is 2. The third-order valence-corrected chi connectivity index (χ3v) is 5.49. The average molecular weight is 381 g/mol. The Morgan fingerprint density at radius 2 is 1.77 bits per heavy atom. The van der Waals surface area contributed by atoms with Crippen LogP contribution in [0.5, 0.6) is 0 Å². The standard InChI is InChI=1S/C18H23NO6S/c1-23-11-9-19(14-16-4-3-10-25-16)18(20)15-5-7-17(8-6-15)26(21,22)13-12-24-2/h3-8,10H,9,11-14H2,1-2H3. The summed E-state index contributed by atoms with van der Waals surface area (Å²) in [6.45, 7) is 1.21. The number of carbonyl (C=O) groups excluding carboxylic acids is 1. The fraction of sp³-hybridized carbons (Fsp3) is 0.389. The summed E-state index contributed by atoms with van der Waals surface area (Å²) < 4.78 is 39.5. The summed E-state index contributed by atoms with van der Waals surface area (Å²) in [4.78, 5) is 14.5. The van der Waals surface area contributed by atoms with Gasteiger partial charge in [0.25, 0.3) is 5.91 Å². The maximum atomic E-state index is 12.8. The molecule has 8 heteroatoms. The molecule has 1 amide bonds. The van der Waals surface area contributed by atoms with Gasteiger partial charge in [0.15, 0.2) is 9.84 Å². The second-order valence-corrected chi connectivity index (χ2v) is 7.74.